The van der Waals surface area contributed by atoms with E-state index in [2.05, 4.69) is 20.2 Å². The van der Waals surface area contributed by atoms with Gasteiger partial charge in [-0.3, -0.25) is 19.4 Å². The molecule has 2 aromatic rings. The summed E-state index contributed by atoms with van der Waals surface area (Å²) in [6.45, 7) is 0.181. The fourth-order valence-electron chi connectivity index (χ4n) is 3.04. The Hall–Kier alpha value is -3.36. The van der Waals surface area contributed by atoms with Gasteiger partial charge in [-0.1, -0.05) is 29.4 Å². The third-order valence-corrected chi connectivity index (χ3v) is 4.71. The fourth-order valence-corrected chi connectivity index (χ4v) is 3.04. The molecular weight excluding hydrogens is 381 g/mol. The summed E-state index contributed by atoms with van der Waals surface area (Å²) < 4.78 is 17.3. The molecule has 0 saturated heterocycles. The van der Waals surface area contributed by atoms with E-state index in [0.717, 1.165) is 17.9 Å². The molecule has 1 unspecified atom stereocenters. The number of nitrogens with one attached hydrogen (secondary N) is 1. The normalized spacial score (nSPS) is 19.2. The number of nitrogens with zero attached hydrogens (tertiary/aromatic N) is 2. The number of alkyl halides is 1. The molecule has 1 aromatic heterocycles. The van der Waals surface area contributed by atoms with E-state index in [4.69, 9.17) is 4.84 Å². The molecule has 1 aliphatic rings. The van der Waals surface area contributed by atoms with Crippen LogP contribution in [0.3, 0.4) is 0 Å². The zero-order chi connectivity index (χ0) is 21.0. The molecule has 2 atom stereocenters. The van der Waals surface area contributed by atoms with Gasteiger partial charge in [-0.15, -0.1) is 0 Å². The zero-order valence-electron chi connectivity index (χ0n) is 16.0. The lowest BCUT2D eigenvalue weighted by molar-refractivity contribution is -0.147. The van der Waals surface area contributed by atoms with Crippen molar-refractivity contribution in [3.05, 3.63) is 42.2 Å². The number of ketones is 1. The van der Waals surface area contributed by atoms with Crippen LogP contribution in [0.25, 0.3) is 10.8 Å². The molecule has 0 fully saturated rings. The van der Waals surface area contributed by atoms with Crippen molar-refractivity contribution in [2.24, 2.45) is 5.16 Å². The molecule has 152 valence electrons. The van der Waals surface area contributed by atoms with Gasteiger partial charge >= 0.3 is 5.97 Å². The van der Waals surface area contributed by atoms with Crippen LogP contribution in [0.5, 0.6) is 0 Å². The summed E-state index contributed by atoms with van der Waals surface area (Å²) in [6.07, 6.45) is 1.26. The predicted molar refractivity (Wildman–Crippen MR) is 102 cm³/mol. The highest BCUT2D eigenvalue weighted by Gasteiger charge is 2.44. The van der Waals surface area contributed by atoms with Crippen molar-refractivity contribution in [1.82, 2.24) is 10.3 Å². The van der Waals surface area contributed by atoms with E-state index in [1.54, 1.807) is 6.20 Å². The van der Waals surface area contributed by atoms with Crippen molar-refractivity contribution >= 4 is 34.1 Å². The number of esters is 1. The van der Waals surface area contributed by atoms with E-state index < -0.39 is 42.4 Å². The summed E-state index contributed by atoms with van der Waals surface area (Å²) in [4.78, 5) is 45.7. The van der Waals surface area contributed by atoms with Crippen LogP contribution in [0.2, 0.25) is 0 Å². The Morgan fingerprint density at radius 3 is 2.79 bits per heavy atom. The van der Waals surface area contributed by atoms with Crippen LogP contribution in [0.15, 0.2) is 41.7 Å². The van der Waals surface area contributed by atoms with Crippen molar-refractivity contribution in [3.8, 4) is 0 Å². The molecule has 29 heavy (non-hydrogen) atoms. The van der Waals surface area contributed by atoms with Crippen LogP contribution < -0.4 is 5.32 Å². The Bertz CT molecular complexity index is 988. The summed E-state index contributed by atoms with van der Waals surface area (Å²) in [5, 5.41) is 8.22. The first-order valence-electron chi connectivity index (χ1n) is 8.93. The van der Waals surface area contributed by atoms with Crippen LogP contribution in [0.4, 0.5) is 4.39 Å². The van der Waals surface area contributed by atoms with E-state index in [1.165, 1.54) is 6.92 Å². The molecule has 0 radical (unpaired) electrons. The lowest BCUT2D eigenvalue weighted by Crippen LogP contribution is -2.52. The van der Waals surface area contributed by atoms with Gasteiger partial charge < -0.3 is 14.9 Å². The third kappa shape index (κ3) is 4.23. The van der Waals surface area contributed by atoms with Crippen molar-refractivity contribution in [1.29, 1.82) is 0 Å². The highest BCUT2D eigenvalue weighted by atomic mass is 19.1. The predicted octanol–water partition coefficient (Wildman–Crippen LogP) is 1.70. The van der Waals surface area contributed by atoms with Crippen LogP contribution in [-0.4, -0.2) is 53.8 Å². The smallest absolute Gasteiger partial charge is 0.308 e. The Morgan fingerprint density at radius 2 is 2.07 bits per heavy atom. The topological polar surface area (TPSA) is 107 Å². The van der Waals surface area contributed by atoms with E-state index in [0.29, 0.717) is 11.4 Å². The number of benzene rings is 1. The van der Waals surface area contributed by atoms with Crippen molar-refractivity contribution in [2.45, 2.75) is 31.4 Å². The minimum absolute atomic E-state index is 0.0919. The van der Waals surface area contributed by atoms with Gasteiger partial charge in [-0.2, -0.15) is 0 Å². The molecule has 3 rings (SSSR count). The third-order valence-electron chi connectivity index (χ3n) is 4.71. The number of oxime groups is 1. The maximum Gasteiger partial charge on any atom is 0.308 e. The van der Waals surface area contributed by atoms with Gasteiger partial charge in [-0.05, 0) is 18.4 Å². The number of carbonyl (C=O) groups excluding carboxylic acids is 3. The van der Waals surface area contributed by atoms with Gasteiger partial charge in [0.1, 0.15) is 18.4 Å². The quantitative estimate of drug-likeness (QED) is 0.708. The number of halogens is 1. The Balaban J connectivity index is 1.77. The maximum absolute atomic E-state index is 12.8. The summed E-state index contributed by atoms with van der Waals surface area (Å²) >= 11 is 0. The second-order valence-electron chi connectivity index (χ2n) is 6.82. The summed E-state index contributed by atoms with van der Waals surface area (Å²) in [5.74, 6) is -2.36. The number of carbonyl (C=O) groups is 3. The van der Waals surface area contributed by atoms with E-state index in [-0.39, 0.29) is 6.42 Å². The van der Waals surface area contributed by atoms with Crippen LogP contribution in [0, 0.1) is 0 Å². The van der Waals surface area contributed by atoms with E-state index in [1.807, 2.05) is 30.3 Å². The molecule has 8 nitrogen and oxygen atoms in total. The minimum atomic E-state index is -1.43. The first-order chi connectivity index (χ1) is 13.9. The molecule has 0 saturated carbocycles. The van der Waals surface area contributed by atoms with E-state index in [9.17, 15) is 18.8 Å². The molecule has 1 amide bonds. The number of amides is 1. The first kappa shape index (κ1) is 20.4. The van der Waals surface area contributed by atoms with Gasteiger partial charge in [-0.25, -0.2) is 4.39 Å². The molecule has 1 N–H and O–H groups in total. The number of aromatic nitrogens is 1. The van der Waals surface area contributed by atoms with Gasteiger partial charge in [0, 0.05) is 18.0 Å². The number of hydrogen-bond donors (Lipinski definition) is 1. The molecule has 9 heteroatoms. The average molecular weight is 401 g/mol. The second-order valence-corrected chi connectivity index (χ2v) is 6.82. The molecule has 1 aromatic carbocycles. The minimum Gasteiger partial charge on any atom is -0.469 e. The first-order valence-corrected chi connectivity index (χ1v) is 8.93. The summed E-state index contributed by atoms with van der Waals surface area (Å²) in [6, 6.07) is 8.11. The fraction of sp³-hybridized carbons (Fsp3) is 0.350. The number of pyridine rings is 1. The molecule has 0 spiro atoms. The Kier molecular flexibility index (Phi) is 5.86. The van der Waals surface area contributed by atoms with Gasteiger partial charge in [0.05, 0.1) is 19.2 Å². The van der Waals surface area contributed by atoms with E-state index >= 15 is 0 Å². The SMILES string of the molecule is COC(=O)C[C@H](NC(=O)C1(C)CC(c2nccc3ccccc23)=NO1)C(=O)CF. The van der Waals surface area contributed by atoms with Gasteiger partial charge in [0.25, 0.3) is 5.91 Å². The lowest BCUT2D eigenvalue weighted by Gasteiger charge is -2.23. The average Bonchev–Trinajstić information content (AvgIpc) is 3.15. The Labute approximate surface area is 166 Å². The highest BCUT2D eigenvalue weighted by molar-refractivity contribution is 6.12. The molecule has 2 heterocycles. The zero-order valence-corrected chi connectivity index (χ0v) is 16.0. The number of rotatable bonds is 7. The summed E-state index contributed by atoms with van der Waals surface area (Å²) in [5.41, 5.74) is -0.370. The number of methoxy groups -OCH3 is 1. The molecule has 1 aliphatic heterocycles. The second kappa shape index (κ2) is 8.34. The lowest BCUT2D eigenvalue weighted by atomic mass is 9.94. The van der Waals surface area contributed by atoms with Gasteiger partial charge in [0.15, 0.2) is 5.78 Å². The monoisotopic (exact) mass is 401 g/mol. The number of ether oxygens (including phenoxy) is 1. The summed E-state index contributed by atoms with van der Waals surface area (Å²) in [7, 11) is 1.14. The van der Waals surface area contributed by atoms with Crippen LogP contribution in [0.1, 0.15) is 25.5 Å². The largest absolute Gasteiger partial charge is 0.469 e. The van der Waals surface area contributed by atoms with Crippen LogP contribution in [-0.2, 0) is 24.0 Å². The number of Topliss-reactive ketones (excluding diaryl/α,β-unsaturated/α-hetero) is 1. The molecular formula is C20H20FN3O5. The van der Waals surface area contributed by atoms with Crippen molar-refractivity contribution < 1.29 is 28.3 Å². The molecule has 0 aliphatic carbocycles. The van der Waals surface area contributed by atoms with Crippen LogP contribution >= 0.6 is 0 Å². The number of fused-ring (bicyclic) bond motifs is 1. The van der Waals surface area contributed by atoms with Crippen molar-refractivity contribution in [2.75, 3.05) is 13.8 Å². The maximum atomic E-state index is 12.8. The van der Waals surface area contributed by atoms with Gasteiger partial charge in [0.2, 0.25) is 5.60 Å². The Morgan fingerprint density at radius 1 is 1.31 bits per heavy atom. The van der Waals surface area contributed by atoms with Crippen molar-refractivity contribution in [3.63, 3.8) is 0 Å². The highest BCUT2D eigenvalue weighted by Crippen LogP contribution is 2.29. The standard InChI is InChI=1S/C20H20FN3O5/c1-20(19(27)23-14(16(25)11-21)9-17(26)28-2)10-15(24-29-20)18-13-6-4-3-5-12(13)7-8-22-18/h3-8,14H,9-11H2,1-2H3,(H,23,27)/t14-,20?/m0/s1. The molecule has 0 bridgehead atoms. The number of hydrogen-bond acceptors (Lipinski definition) is 7.